The minimum Gasteiger partial charge on any atom is -0.494 e. The smallest absolute Gasteiger partial charge is 0.219 e. The zero-order chi connectivity index (χ0) is 13.5. The molecule has 0 unspecified atom stereocenters. The van der Waals surface area contributed by atoms with Crippen LogP contribution < -0.4 is 9.47 Å². The highest BCUT2D eigenvalue weighted by atomic mass is 35.5. The number of hydrogen-bond acceptors (Lipinski definition) is 3. The molecule has 100 valence electrons. The largest absolute Gasteiger partial charge is 0.494 e. The molecule has 1 heterocycles. The summed E-state index contributed by atoms with van der Waals surface area (Å²) in [5, 5.41) is 0. The number of ether oxygens (including phenoxy) is 2. The van der Waals surface area contributed by atoms with Gasteiger partial charge in [0.2, 0.25) is 5.88 Å². The van der Waals surface area contributed by atoms with Gasteiger partial charge in [0.05, 0.1) is 6.61 Å². The summed E-state index contributed by atoms with van der Waals surface area (Å²) in [7, 11) is 0. The lowest BCUT2D eigenvalue weighted by atomic mass is 10.3. The Balaban J connectivity index is 2.02. The molecule has 2 rings (SSSR count). The van der Waals surface area contributed by atoms with Crippen LogP contribution in [0.5, 0.6) is 17.4 Å². The molecule has 0 aliphatic carbocycles. The standard InChI is InChI=1S/C15H16ClNO2/c1-2-9-18-13-3-5-14(6-4-13)19-15-10-12(11-16)7-8-17-15/h3-8,10H,2,9,11H2,1H3. The molecule has 0 amide bonds. The van der Waals surface area contributed by atoms with Crippen molar-refractivity contribution in [2.75, 3.05) is 6.61 Å². The Kier molecular flexibility index (Phi) is 5.04. The molecule has 0 atom stereocenters. The lowest BCUT2D eigenvalue weighted by molar-refractivity contribution is 0.317. The van der Waals surface area contributed by atoms with Gasteiger partial charge in [0.25, 0.3) is 0 Å². The Morgan fingerprint density at radius 3 is 2.53 bits per heavy atom. The number of hydrogen-bond donors (Lipinski definition) is 0. The zero-order valence-electron chi connectivity index (χ0n) is 10.8. The molecule has 0 spiro atoms. The molecule has 0 radical (unpaired) electrons. The van der Waals surface area contributed by atoms with Crippen LogP contribution in [0, 0.1) is 0 Å². The molecular formula is C15H16ClNO2. The van der Waals surface area contributed by atoms with E-state index >= 15 is 0 Å². The molecule has 0 bridgehead atoms. The molecule has 0 saturated carbocycles. The SMILES string of the molecule is CCCOc1ccc(Oc2cc(CCl)ccn2)cc1. The van der Waals surface area contributed by atoms with Crippen molar-refractivity contribution >= 4 is 11.6 Å². The van der Waals surface area contributed by atoms with E-state index in [1.165, 1.54) is 0 Å². The molecular weight excluding hydrogens is 262 g/mol. The summed E-state index contributed by atoms with van der Waals surface area (Å²) in [6, 6.07) is 11.2. The maximum Gasteiger partial charge on any atom is 0.219 e. The molecule has 0 aliphatic rings. The molecule has 0 fully saturated rings. The van der Waals surface area contributed by atoms with E-state index in [1.807, 2.05) is 36.4 Å². The number of pyridine rings is 1. The van der Waals surface area contributed by atoms with Gasteiger partial charge in [0, 0.05) is 18.1 Å². The van der Waals surface area contributed by atoms with Crippen molar-refractivity contribution in [2.24, 2.45) is 0 Å². The van der Waals surface area contributed by atoms with Crippen LogP contribution in [0.15, 0.2) is 42.6 Å². The van der Waals surface area contributed by atoms with E-state index in [0.717, 1.165) is 30.1 Å². The van der Waals surface area contributed by atoms with Crippen LogP contribution in [0.4, 0.5) is 0 Å². The molecule has 1 aromatic carbocycles. The summed E-state index contributed by atoms with van der Waals surface area (Å²) in [6.07, 6.45) is 2.68. The van der Waals surface area contributed by atoms with Crippen LogP contribution in [0.25, 0.3) is 0 Å². The summed E-state index contributed by atoms with van der Waals surface area (Å²) >= 11 is 5.77. The summed E-state index contributed by atoms with van der Waals surface area (Å²) in [5.74, 6) is 2.56. The Morgan fingerprint density at radius 2 is 1.84 bits per heavy atom. The molecule has 4 heteroatoms. The van der Waals surface area contributed by atoms with Crippen molar-refractivity contribution < 1.29 is 9.47 Å². The molecule has 3 nitrogen and oxygen atoms in total. The predicted molar refractivity (Wildman–Crippen MR) is 76.1 cm³/mol. The summed E-state index contributed by atoms with van der Waals surface area (Å²) in [5.41, 5.74) is 0.981. The lowest BCUT2D eigenvalue weighted by Crippen LogP contribution is -1.94. The van der Waals surface area contributed by atoms with Gasteiger partial charge in [-0.2, -0.15) is 0 Å². The molecule has 1 aromatic heterocycles. The van der Waals surface area contributed by atoms with Gasteiger partial charge in [-0.25, -0.2) is 4.98 Å². The summed E-state index contributed by atoms with van der Waals surface area (Å²) in [6.45, 7) is 2.80. The minimum absolute atomic E-state index is 0.447. The monoisotopic (exact) mass is 277 g/mol. The van der Waals surface area contributed by atoms with Gasteiger partial charge < -0.3 is 9.47 Å². The van der Waals surface area contributed by atoms with E-state index in [2.05, 4.69) is 11.9 Å². The molecule has 2 aromatic rings. The zero-order valence-corrected chi connectivity index (χ0v) is 11.6. The highest BCUT2D eigenvalue weighted by Gasteiger charge is 2.01. The van der Waals surface area contributed by atoms with Crippen LogP contribution in [0.2, 0.25) is 0 Å². The van der Waals surface area contributed by atoms with Crippen LogP contribution in [0.3, 0.4) is 0 Å². The number of alkyl halides is 1. The van der Waals surface area contributed by atoms with Gasteiger partial charge in [0.1, 0.15) is 11.5 Å². The fourth-order valence-electron chi connectivity index (χ4n) is 1.53. The van der Waals surface area contributed by atoms with Gasteiger partial charge in [-0.05, 0) is 42.3 Å². The number of halogens is 1. The van der Waals surface area contributed by atoms with Gasteiger partial charge in [-0.3, -0.25) is 0 Å². The maximum absolute atomic E-state index is 5.77. The second-order valence-corrected chi connectivity index (χ2v) is 4.33. The third kappa shape index (κ3) is 4.14. The first kappa shape index (κ1) is 13.7. The highest BCUT2D eigenvalue weighted by molar-refractivity contribution is 6.17. The predicted octanol–water partition coefficient (Wildman–Crippen LogP) is 4.40. The molecule has 0 aliphatic heterocycles. The van der Waals surface area contributed by atoms with Crippen molar-refractivity contribution in [1.29, 1.82) is 0 Å². The summed E-state index contributed by atoms with van der Waals surface area (Å²) in [4.78, 5) is 4.14. The number of nitrogens with zero attached hydrogens (tertiary/aromatic N) is 1. The maximum atomic E-state index is 5.77. The van der Waals surface area contributed by atoms with Crippen molar-refractivity contribution in [2.45, 2.75) is 19.2 Å². The second-order valence-electron chi connectivity index (χ2n) is 4.06. The quantitative estimate of drug-likeness (QED) is 0.733. The van der Waals surface area contributed by atoms with Gasteiger partial charge in [-0.15, -0.1) is 11.6 Å². The highest BCUT2D eigenvalue weighted by Crippen LogP contribution is 2.23. The van der Waals surface area contributed by atoms with Gasteiger partial charge in [-0.1, -0.05) is 6.92 Å². The van der Waals surface area contributed by atoms with Gasteiger partial charge in [0.15, 0.2) is 0 Å². The average molecular weight is 278 g/mol. The normalized spacial score (nSPS) is 10.2. The van der Waals surface area contributed by atoms with Crippen molar-refractivity contribution in [3.05, 3.63) is 48.2 Å². The first-order valence-electron chi connectivity index (χ1n) is 6.23. The van der Waals surface area contributed by atoms with Gasteiger partial charge >= 0.3 is 0 Å². The van der Waals surface area contributed by atoms with Crippen molar-refractivity contribution in [3.63, 3.8) is 0 Å². The van der Waals surface area contributed by atoms with E-state index in [9.17, 15) is 0 Å². The van der Waals surface area contributed by atoms with Crippen LogP contribution in [0.1, 0.15) is 18.9 Å². The minimum atomic E-state index is 0.447. The van der Waals surface area contributed by atoms with Crippen LogP contribution in [-0.4, -0.2) is 11.6 Å². The molecule has 0 saturated heterocycles. The fraction of sp³-hybridized carbons (Fsp3) is 0.267. The van der Waals surface area contributed by atoms with E-state index in [1.54, 1.807) is 6.20 Å². The fourth-order valence-corrected chi connectivity index (χ4v) is 1.70. The number of benzene rings is 1. The Labute approximate surface area is 118 Å². The first-order chi connectivity index (χ1) is 9.31. The average Bonchev–Trinajstić information content (AvgIpc) is 2.47. The summed E-state index contributed by atoms with van der Waals surface area (Å²) < 4.78 is 11.2. The Bertz CT molecular complexity index is 514. The van der Waals surface area contributed by atoms with E-state index < -0.39 is 0 Å². The third-order valence-electron chi connectivity index (χ3n) is 2.47. The van der Waals surface area contributed by atoms with Crippen LogP contribution >= 0.6 is 11.6 Å². The Hall–Kier alpha value is -1.74. The van der Waals surface area contributed by atoms with E-state index in [4.69, 9.17) is 21.1 Å². The van der Waals surface area contributed by atoms with E-state index in [-0.39, 0.29) is 0 Å². The number of rotatable bonds is 6. The van der Waals surface area contributed by atoms with Crippen molar-refractivity contribution in [1.82, 2.24) is 4.98 Å². The molecule has 19 heavy (non-hydrogen) atoms. The second kappa shape index (κ2) is 7.00. The van der Waals surface area contributed by atoms with E-state index in [0.29, 0.717) is 11.8 Å². The first-order valence-corrected chi connectivity index (χ1v) is 6.77. The van der Waals surface area contributed by atoms with Crippen LogP contribution in [-0.2, 0) is 5.88 Å². The van der Waals surface area contributed by atoms with Crippen molar-refractivity contribution in [3.8, 4) is 17.4 Å². The topological polar surface area (TPSA) is 31.4 Å². The molecule has 0 N–H and O–H groups in total. The number of aromatic nitrogens is 1. The Morgan fingerprint density at radius 1 is 1.11 bits per heavy atom. The third-order valence-corrected chi connectivity index (χ3v) is 2.78. The lowest BCUT2D eigenvalue weighted by Gasteiger charge is -2.07.